The summed E-state index contributed by atoms with van der Waals surface area (Å²) in [5.41, 5.74) is 2.52. The standard InChI is InChI=1S/C37H65NO2/c1-8-38(9-2)25-12-10-11-16-35(39)40-30-21-23-36(6)29(26-30)17-18-31-33-20-19-32(28(5)15-13-14-27(3)4)37(33,7)24-22-34(31)36/h17,27-28,30-34H,8-16,18-26H2,1-7H3/t28-,30+,31+,32-,33+,34+,36+,37-/m1/s1. The molecule has 0 spiro atoms. The first-order chi connectivity index (χ1) is 19.1. The molecule has 230 valence electrons. The van der Waals surface area contributed by atoms with Crippen LogP contribution in [0.4, 0.5) is 0 Å². The third-order valence-corrected chi connectivity index (χ3v) is 12.8. The number of carbonyl (C=O) groups excluding carboxylic acids is 1. The molecule has 4 aliphatic carbocycles. The number of ether oxygens (including phenoxy) is 1. The summed E-state index contributed by atoms with van der Waals surface area (Å²) in [4.78, 5) is 15.1. The first kappa shape index (κ1) is 32.1. The smallest absolute Gasteiger partial charge is 0.306 e. The second-order valence-corrected chi connectivity index (χ2v) is 15.5. The van der Waals surface area contributed by atoms with Gasteiger partial charge in [-0.05, 0) is 124 Å². The highest BCUT2D eigenvalue weighted by atomic mass is 16.5. The summed E-state index contributed by atoms with van der Waals surface area (Å²) in [7, 11) is 0. The molecular formula is C37H65NO2. The van der Waals surface area contributed by atoms with Crippen molar-refractivity contribution in [3.63, 3.8) is 0 Å². The summed E-state index contributed by atoms with van der Waals surface area (Å²) in [5.74, 6) is 5.30. The van der Waals surface area contributed by atoms with Crippen LogP contribution in [0.1, 0.15) is 145 Å². The molecule has 0 aliphatic heterocycles. The Kier molecular flexibility index (Phi) is 11.3. The summed E-state index contributed by atoms with van der Waals surface area (Å²) in [6.45, 7) is 20.5. The third-order valence-electron chi connectivity index (χ3n) is 12.8. The molecular weight excluding hydrogens is 490 g/mol. The fraction of sp³-hybridized carbons (Fsp3) is 0.919. The lowest BCUT2D eigenvalue weighted by molar-refractivity contribution is -0.151. The van der Waals surface area contributed by atoms with Gasteiger partial charge in [-0.1, -0.05) is 85.8 Å². The van der Waals surface area contributed by atoms with E-state index in [0.29, 0.717) is 17.3 Å². The first-order valence-corrected chi connectivity index (χ1v) is 17.7. The molecule has 0 heterocycles. The monoisotopic (exact) mass is 556 g/mol. The number of esters is 1. The van der Waals surface area contributed by atoms with Gasteiger partial charge in [-0.25, -0.2) is 0 Å². The van der Waals surface area contributed by atoms with E-state index in [1.807, 2.05) is 0 Å². The van der Waals surface area contributed by atoms with Gasteiger partial charge >= 0.3 is 5.97 Å². The Morgan fingerprint density at radius 3 is 2.45 bits per heavy atom. The van der Waals surface area contributed by atoms with Gasteiger partial charge in [-0.15, -0.1) is 0 Å². The number of nitrogens with zero attached hydrogens (tertiary/aromatic N) is 1. The lowest BCUT2D eigenvalue weighted by Gasteiger charge is -2.58. The molecule has 0 N–H and O–H groups in total. The topological polar surface area (TPSA) is 29.5 Å². The summed E-state index contributed by atoms with van der Waals surface area (Å²) < 4.78 is 6.07. The van der Waals surface area contributed by atoms with E-state index in [0.717, 1.165) is 80.8 Å². The van der Waals surface area contributed by atoms with Crippen molar-refractivity contribution in [2.24, 2.45) is 46.3 Å². The van der Waals surface area contributed by atoms with E-state index in [1.54, 1.807) is 5.57 Å². The van der Waals surface area contributed by atoms with Crippen LogP contribution in [0.2, 0.25) is 0 Å². The van der Waals surface area contributed by atoms with Gasteiger partial charge in [-0.2, -0.15) is 0 Å². The quantitative estimate of drug-likeness (QED) is 0.121. The van der Waals surface area contributed by atoms with E-state index >= 15 is 0 Å². The van der Waals surface area contributed by atoms with E-state index in [1.165, 1.54) is 64.2 Å². The summed E-state index contributed by atoms with van der Waals surface area (Å²) in [6.07, 6.45) is 21.2. The van der Waals surface area contributed by atoms with Crippen molar-refractivity contribution < 1.29 is 9.53 Å². The maximum absolute atomic E-state index is 12.7. The van der Waals surface area contributed by atoms with E-state index in [2.05, 4.69) is 59.4 Å². The lowest BCUT2D eigenvalue weighted by Crippen LogP contribution is -2.51. The largest absolute Gasteiger partial charge is 0.462 e. The maximum Gasteiger partial charge on any atom is 0.306 e. The Balaban J connectivity index is 1.28. The molecule has 4 rings (SSSR count). The number of hydrogen-bond acceptors (Lipinski definition) is 3. The van der Waals surface area contributed by atoms with Crippen LogP contribution in [-0.4, -0.2) is 36.6 Å². The molecule has 0 amide bonds. The van der Waals surface area contributed by atoms with Crippen LogP contribution in [0.3, 0.4) is 0 Å². The van der Waals surface area contributed by atoms with Crippen LogP contribution in [-0.2, 0) is 9.53 Å². The average Bonchev–Trinajstić information content (AvgIpc) is 3.28. The summed E-state index contributed by atoms with van der Waals surface area (Å²) >= 11 is 0. The Morgan fingerprint density at radius 1 is 0.950 bits per heavy atom. The molecule has 3 heteroatoms. The van der Waals surface area contributed by atoms with Gasteiger partial charge in [0.15, 0.2) is 0 Å². The number of fused-ring (bicyclic) bond motifs is 5. The Labute approximate surface area is 248 Å². The molecule has 3 saturated carbocycles. The fourth-order valence-corrected chi connectivity index (χ4v) is 10.3. The zero-order valence-electron chi connectivity index (χ0n) is 27.6. The number of hydrogen-bond donors (Lipinski definition) is 0. The van der Waals surface area contributed by atoms with Gasteiger partial charge in [-0.3, -0.25) is 4.79 Å². The molecule has 0 aromatic heterocycles. The van der Waals surface area contributed by atoms with Crippen molar-refractivity contribution in [3.8, 4) is 0 Å². The third kappa shape index (κ3) is 7.03. The van der Waals surface area contributed by atoms with E-state index in [4.69, 9.17) is 4.74 Å². The van der Waals surface area contributed by atoms with Crippen molar-refractivity contribution in [2.75, 3.05) is 19.6 Å². The van der Waals surface area contributed by atoms with Gasteiger partial charge in [0.05, 0.1) is 0 Å². The molecule has 0 saturated heterocycles. The number of rotatable bonds is 14. The van der Waals surface area contributed by atoms with Gasteiger partial charge in [0.2, 0.25) is 0 Å². The highest BCUT2D eigenvalue weighted by Gasteiger charge is 2.59. The summed E-state index contributed by atoms with van der Waals surface area (Å²) in [5, 5.41) is 0. The average molecular weight is 556 g/mol. The number of unbranched alkanes of at least 4 members (excludes halogenated alkanes) is 2. The van der Waals surface area contributed by atoms with Gasteiger partial charge in [0.25, 0.3) is 0 Å². The first-order valence-electron chi connectivity index (χ1n) is 17.7. The minimum absolute atomic E-state index is 0.0404. The molecule has 0 bridgehead atoms. The molecule has 8 atom stereocenters. The van der Waals surface area contributed by atoms with Crippen LogP contribution in [0.5, 0.6) is 0 Å². The van der Waals surface area contributed by atoms with Gasteiger partial charge < -0.3 is 9.64 Å². The zero-order valence-corrected chi connectivity index (χ0v) is 27.6. The molecule has 0 aromatic carbocycles. The van der Waals surface area contributed by atoms with E-state index < -0.39 is 0 Å². The van der Waals surface area contributed by atoms with Gasteiger partial charge in [0.1, 0.15) is 6.10 Å². The molecule has 3 nitrogen and oxygen atoms in total. The number of carbonyl (C=O) groups is 1. The highest BCUT2D eigenvalue weighted by Crippen LogP contribution is 2.67. The Hall–Kier alpha value is -0.830. The molecule has 3 fully saturated rings. The molecule has 0 aromatic rings. The van der Waals surface area contributed by atoms with Crippen LogP contribution >= 0.6 is 0 Å². The minimum Gasteiger partial charge on any atom is -0.462 e. The Morgan fingerprint density at radius 2 is 1.73 bits per heavy atom. The van der Waals surface area contributed by atoms with Crippen molar-refractivity contribution in [3.05, 3.63) is 11.6 Å². The van der Waals surface area contributed by atoms with Crippen molar-refractivity contribution in [2.45, 2.75) is 151 Å². The zero-order chi connectivity index (χ0) is 28.9. The van der Waals surface area contributed by atoms with Crippen LogP contribution < -0.4 is 0 Å². The van der Waals surface area contributed by atoms with Crippen LogP contribution in [0.25, 0.3) is 0 Å². The molecule has 0 unspecified atom stereocenters. The predicted molar refractivity (Wildman–Crippen MR) is 169 cm³/mol. The lowest BCUT2D eigenvalue weighted by atomic mass is 9.47. The Bertz CT molecular complexity index is 845. The highest BCUT2D eigenvalue weighted by molar-refractivity contribution is 5.69. The van der Waals surface area contributed by atoms with Crippen molar-refractivity contribution in [1.82, 2.24) is 4.90 Å². The second-order valence-electron chi connectivity index (χ2n) is 15.5. The molecule has 0 radical (unpaired) electrons. The summed E-state index contributed by atoms with van der Waals surface area (Å²) in [6, 6.07) is 0. The SMILES string of the molecule is CCN(CC)CCCCCC(=O)O[C@H]1CC[C@@]2(C)C(=CC[C@H]3[C@@H]4CC[C@H]([C@H](C)CCCC(C)C)[C@@]4(C)CC[C@@H]32)C1. The van der Waals surface area contributed by atoms with Crippen molar-refractivity contribution >= 4 is 5.97 Å². The normalized spacial score (nSPS) is 36.1. The fourth-order valence-electron chi connectivity index (χ4n) is 10.3. The second kappa shape index (κ2) is 14.1. The van der Waals surface area contributed by atoms with Crippen LogP contribution in [0, 0.1) is 46.3 Å². The minimum atomic E-state index is 0.0404. The number of allylic oxidation sites excluding steroid dienone is 1. The van der Waals surface area contributed by atoms with E-state index in [9.17, 15) is 4.79 Å². The molecule has 4 aliphatic rings. The van der Waals surface area contributed by atoms with Crippen LogP contribution in [0.15, 0.2) is 11.6 Å². The maximum atomic E-state index is 12.7. The van der Waals surface area contributed by atoms with Crippen molar-refractivity contribution in [1.29, 1.82) is 0 Å². The van der Waals surface area contributed by atoms with Gasteiger partial charge in [0, 0.05) is 12.8 Å². The molecule has 40 heavy (non-hydrogen) atoms. The predicted octanol–water partition coefficient (Wildman–Crippen LogP) is 9.84. The van der Waals surface area contributed by atoms with E-state index in [-0.39, 0.29) is 12.1 Å².